The molecule has 37 heavy (non-hydrogen) atoms. The average Bonchev–Trinajstić information content (AvgIpc) is 3.32. The number of amides is 1. The van der Waals surface area contributed by atoms with Gasteiger partial charge in [0.1, 0.15) is 17.3 Å². The number of aromatic nitrogens is 2. The fraction of sp³-hybridized carbons (Fsp3) is 0.207. The molecule has 8 heteroatoms. The summed E-state index contributed by atoms with van der Waals surface area (Å²) in [5, 5.41) is 13.5. The second kappa shape index (κ2) is 10.9. The van der Waals surface area contributed by atoms with Crippen molar-refractivity contribution in [1.82, 2.24) is 15.3 Å². The summed E-state index contributed by atoms with van der Waals surface area (Å²) in [6.07, 6.45) is 5.14. The first-order valence-corrected chi connectivity index (χ1v) is 11.7. The number of aromatic amines is 1. The molecule has 0 unspecified atom stereocenters. The van der Waals surface area contributed by atoms with E-state index in [1.54, 1.807) is 38.6 Å². The number of hydrogen-bond donors (Lipinski definition) is 2. The Bertz CT molecular complexity index is 1510. The maximum absolute atomic E-state index is 13.0. The number of methoxy groups -OCH3 is 2. The molecule has 1 amide bonds. The van der Waals surface area contributed by atoms with Gasteiger partial charge in [0, 0.05) is 48.7 Å². The summed E-state index contributed by atoms with van der Waals surface area (Å²) in [7, 11) is 7.12. The zero-order chi connectivity index (χ0) is 26.5. The molecule has 0 fully saturated rings. The number of fused-ring (bicyclic) bond motifs is 1. The van der Waals surface area contributed by atoms with Crippen molar-refractivity contribution >= 4 is 28.7 Å². The van der Waals surface area contributed by atoms with Gasteiger partial charge >= 0.3 is 0 Å². The van der Waals surface area contributed by atoms with Crippen LogP contribution in [-0.4, -0.2) is 44.2 Å². The molecule has 2 aromatic carbocycles. The first-order valence-electron chi connectivity index (χ1n) is 11.7. The minimum absolute atomic E-state index is 0.00626. The number of ether oxygens (including phenoxy) is 2. The number of H-pyrrole nitrogens is 1. The second-order valence-corrected chi connectivity index (χ2v) is 8.79. The van der Waals surface area contributed by atoms with Crippen LogP contribution in [-0.2, 0) is 4.79 Å². The SMILES string of the molecule is COc1ccc([C@@H](C)NC(=O)/C(C#N)=C/c2c[nH]c3ncc(-c4cccc(N(C)C)c4)cc23)cc1OC. The molecule has 0 aliphatic carbocycles. The highest BCUT2D eigenvalue weighted by molar-refractivity contribution is 6.04. The van der Waals surface area contributed by atoms with E-state index in [0.717, 1.165) is 27.8 Å². The summed E-state index contributed by atoms with van der Waals surface area (Å²) in [4.78, 5) is 22.7. The number of carbonyl (C=O) groups is 1. The molecule has 0 spiro atoms. The molecule has 1 atom stereocenters. The van der Waals surface area contributed by atoms with E-state index >= 15 is 0 Å². The van der Waals surface area contributed by atoms with Crippen molar-refractivity contribution in [3.8, 4) is 28.7 Å². The summed E-state index contributed by atoms with van der Waals surface area (Å²) in [6.45, 7) is 1.85. The van der Waals surface area contributed by atoms with Gasteiger partial charge in [-0.15, -0.1) is 0 Å². The first-order chi connectivity index (χ1) is 17.8. The molecule has 0 aliphatic heterocycles. The van der Waals surface area contributed by atoms with Crippen molar-refractivity contribution in [2.45, 2.75) is 13.0 Å². The molecule has 0 saturated heterocycles. The van der Waals surface area contributed by atoms with Crippen LogP contribution >= 0.6 is 0 Å². The number of rotatable bonds is 8. The Labute approximate surface area is 216 Å². The Kier molecular flexibility index (Phi) is 7.44. The Balaban J connectivity index is 1.61. The number of nitriles is 1. The van der Waals surface area contributed by atoms with Crippen LogP contribution in [0.25, 0.3) is 28.2 Å². The normalized spacial score (nSPS) is 12.1. The van der Waals surface area contributed by atoms with Crippen molar-refractivity contribution in [1.29, 1.82) is 5.26 Å². The standard InChI is InChI=1S/C29H29N5O3/c1-18(19-9-10-26(36-4)27(14-19)37-5)33-29(35)21(15-30)11-23-17-32-28-25(23)13-22(16-31-28)20-7-6-8-24(12-20)34(2)3/h6-14,16-18H,1-5H3,(H,31,32)(H,33,35)/b21-11+/t18-/m1/s1. The first kappa shape index (κ1) is 25.3. The highest BCUT2D eigenvalue weighted by atomic mass is 16.5. The molecule has 2 aromatic heterocycles. The third kappa shape index (κ3) is 5.41. The monoisotopic (exact) mass is 495 g/mol. The number of carbonyl (C=O) groups excluding carboxylic acids is 1. The Morgan fingerprint density at radius 2 is 1.89 bits per heavy atom. The van der Waals surface area contributed by atoms with Gasteiger partial charge in [-0.1, -0.05) is 18.2 Å². The fourth-order valence-corrected chi connectivity index (χ4v) is 4.05. The van der Waals surface area contributed by atoms with Crippen LogP contribution in [0.2, 0.25) is 0 Å². The molecule has 0 radical (unpaired) electrons. The van der Waals surface area contributed by atoms with E-state index in [-0.39, 0.29) is 11.6 Å². The van der Waals surface area contributed by atoms with Crippen molar-refractivity contribution in [3.05, 3.63) is 77.6 Å². The largest absolute Gasteiger partial charge is 0.493 e. The van der Waals surface area contributed by atoms with Gasteiger partial charge in [0.25, 0.3) is 5.91 Å². The number of pyridine rings is 1. The van der Waals surface area contributed by atoms with Gasteiger partial charge in [0.15, 0.2) is 11.5 Å². The molecule has 8 nitrogen and oxygen atoms in total. The molecule has 188 valence electrons. The molecule has 4 aromatic rings. The predicted molar refractivity (Wildman–Crippen MR) is 146 cm³/mol. The molecule has 2 heterocycles. The number of hydrogen-bond acceptors (Lipinski definition) is 6. The molecule has 2 N–H and O–H groups in total. The zero-order valence-electron chi connectivity index (χ0n) is 21.5. The van der Waals surface area contributed by atoms with Gasteiger partial charge < -0.3 is 24.7 Å². The maximum atomic E-state index is 13.0. The van der Waals surface area contributed by atoms with Gasteiger partial charge in [0.05, 0.1) is 20.3 Å². The van der Waals surface area contributed by atoms with E-state index in [9.17, 15) is 10.1 Å². The van der Waals surface area contributed by atoms with Crippen molar-refractivity contribution in [2.24, 2.45) is 0 Å². The highest BCUT2D eigenvalue weighted by Crippen LogP contribution is 2.31. The average molecular weight is 496 g/mol. The smallest absolute Gasteiger partial charge is 0.262 e. The van der Waals surface area contributed by atoms with Gasteiger partial charge in [-0.25, -0.2) is 4.98 Å². The van der Waals surface area contributed by atoms with E-state index in [0.29, 0.717) is 22.7 Å². The lowest BCUT2D eigenvalue weighted by Crippen LogP contribution is -2.27. The lowest BCUT2D eigenvalue weighted by atomic mass is 10.0. The molecule has 0 bridgehead atoms. The van der Waals surface area contributed by atoms with Gasteiger partial charge in [-0.2, -0.15) is 5.26 Å². The van der Waals surface area contributed by atoms with Gasteiger partial charge in [-0.05, 0) is 54.5 Å². The van der Waals surface area contributed by atoms with E-state index < -0.39 is 5.91 Å². The van der Waals surface area contributed by atoms with Crippen LogP contribution in [0, 0.1) is 11.3 Å². The van der Waals surface area contributed by atoms with Crippen LogP contribution < -0.4 is 19.7 Å². The molecule has 4 rings (SSSR count). The molecule has 0 saturated carbocycles. The third-order valence-corrected chi connectivity index (χ3v) is 6.18. The third-order valence-electron chi connectivity index (χ3n) is 6.18. The van der Waals surface area contributed by atoms with E-state index in [1.165, 1.54) is 0 Å². The molecular formula is C29H29N5O3. The van der Waals surface area contributed by atoms with Crippen molar-refractivity contribution in [2.75, 3.05) is 33.2 Å². The highest BCUT2D eigenvalue weighted by Gasteiger charge is 2.17. The number of nitrogens with one attached hydrogen (secondary N) is 2. The summed E-state index contributed by atoms with van der Waals surface area (Å²) in [6, 6.07) is 17.3. The Hall–Kier alpha value is -4.77. The maximum Gasteiger partial charge on any atom is 0.262 e. The van der Waals surface area contributed by atoms with Crippen LogP contribution in [0.3, 0.4) is 0 Å². The minimum atomic E-state index is -0.470. The topological polar surface area (TPSA) is 103 Å². The lowest BCUT2D eigenvalue weighted by Gasteiger charge is -2.16. The molecular weight excluding hydrogens is 466 g/mol. The van der Waals surface area contributed by atoms with Gasteiger partial charge in [0.2, 0.25) is 0 Å². The Morgan fingerprint density at radius 1 is 1.11 bits per heavy atom. The van der Waals surface area contributed by atoms with E-state index in [4.69, 9.17) is 9.47 Å². The van der Waals surface area contributed by atoms with Crippen LogP contribution in [0.5, 0.6) is 11.5 Å². The second-order valence-electron chi connectivity index (χ2n) is 8.79. The quantitative estimate of drug-likeness (QED) is 0.260. The fourth-order valence-electron chi connectivity index (χ4n) is 4.05. The number of benzene rings is 2. The Morgan fingerprint density at radius 3 is 2.59 bits per heavy atom. The summed E-state index contributed by atoms with van der Waals surface area (Å²) in [5.74, 6) is 0.695. The van der Waals surface area contributed by atoms with Crippen LogP contribution in [0.1, 0.15) is 24.1 Å². The van der Waals surface area contributed by atoms with Crippen molar-refractivity contribution in [3.63, 3.8) is 0 Å². The lowest BCUT2D eigenvalue weighted by molar-refractivity contribution is -0.117. The van der Waals surface area contributed by atoms with Gasteiger partial charge in [-0.3, -0.25) is 4.79 Å². The van der Waals surface area contributed by atoms with E-state index in [2.05, 4.69) is 21.4 Å². The molecule has 0 aliphatic rings. The van der Waals surface area contributed by atoms with Crippen LogP contribution in [0.4, 0.5) is 5.69 Å². The summed E-state index contributed by atoms with van der Waals surface area (Å²) >= 11 is 0. The summed E-state index contributed by atoms with van der Waals surface area (Å²) < 4.78 is 10.6. The number of anilines is 1. The van der Waals surface area contributed by atoms with Crippen molar-refractivity contribution < 1.29 is 14.3 Å². The zero-order valence-corrected chi connectivity index (χ0v) is 21.5. The summed E-state index contributed by atoms with van der Waals surface area (Å²) in [5.41, 5.74) is 5.25. The van der Waals surface area contributed by atoms with E-state index in [1.807, 2.05) is 68.5 Å². The number of nitrogens with zero attached hydrogens (tertiary/aromatic N) is 3. The minimum Gasteiger partial charge on any atom is -0.493 e. The van der Waals surface area contributed by atoms with Crippen LogP contribution in [0.15, 0.2) is 66.5 Å². The predicted octanol–water partition coefficient (Wildman–Crippen LogP) is 5.10.